The van der Waals surface area contributed by atoms with Crippen molar-refractivity contribution in [3.63, 3.8) is 0 Å². The van der Waals surface area contributed by atoms with E-state index >= 15 is 0 Å². The molecule has 2 aromatic rings. The van der Waals surface area contributed by atoms with E-state index in [0.717, 1.165) is 10.6 Å². The van der Waals surface area contributed by atoms with Crippen LogP contribution in [0.25, 0.3) is 10.6 Å². The summed E-state index contributed by atoms with van der Waals surface area (Å²) >= 11 is 1.35. The van der Waals surface area contributed by atoms with E-state index in [1.54, 1.807) is 13.1 Å². The molecule has 0 radical (unpaired) electrons. The molecule has 0 spiro atoms. The summed E-state index contributed by atoms with van der Waals surface area (Å²) in [6.45, 7) is 2.18. The van der Waals surface area contributed by atoms with Gasteiger partial charge in [-0.3, -0.25) is 0 Å². The SMILES string of the molecule is CCOC(=O)c1cnc(-c2ccccc2)s1. The van der Waals surface area contributed by atoms with E-state index in [4.69, 9.17) is 4.74 Å². The molecule has 0 bridgehead atoms. The Balaban J connectivity index is 2.23. The standard InChI is InChI=1S/C12H11NO2S/c1-2-15-12(14)10-8-13-11(16-10)9-6-4-3-5-7-9/h3-8H,2H2,1H3. The highest BCUT2D eigenvalue weighted by Gasteiger charge is 2.11. The van der Waals surface area contributed by atoms with Gasteiger partial charge in [-0.05, 0) is 6.92 Å². The minimum Gasteiger partial charge on any atom is -0.462 e. The third-order valence-electron chi connectivity index (χ3n) is 2.00. The maximum absolute atomic E-state index is 11.4. The Morgan fingerprint density at radius 2 is 2.12 bits per heavy atom. The number of carbonyl (C=O) groups excluding carboxylic acids is 1. The van der Waals surface area contributed by atoms with Gasteiger partial charge in [0, 0.05) is 5.56 Å². The fourth-order valence-corrected chi connectivity index (χ4v) is 2.10. The Hall–Kier alpha value is -1.68. The Labute approximate surface area is 97.7 Å². The third kappa shape index (κ3) is 2.28. The molecule has 0 N–H and O–H groups in total. The van der Waals surface area contributed by atoms with Crippen LogP contribution >= 0.6 is 11.3 Å². The predicted octanol–water partition coefficient (Wildman–Crippen LogP) is 2.99. The molecular formula is C12H11NO2S. The fraction of sp³-hybridized carbons (Fsp3) is 0.167. The number of rotatable bonds is 3. The van der Waals surface area contributed by atoms with Crippen molar-refractivity contribution in [3.05, 3.63) is 41.4 Å². The molecule has 0 amide bonds. The van der Waals surface area contributed by atoms with Crippen molar-refractivity contribution in [3.8, 4) is 10.6 Å². The fourth-order valence-electron chi connectivity index (χ4n) is 1.28. The predicted molar refractivity (Wildman–Crippen MR) is 63.5 cm³/mol. The molecule has 0 fully saturated rings. The molecule has 0 saturated heterocycles. The van der Waals surface area contributed by atoms with Gasteiger partial charge in [-0.1, -0.05) is 30.3 Å². The number of carbonyl (C=O) groups is 1. The maximum atomic E-state index is 11.4. The molecule has 82 valence electrons. The van der Waals surface area contributed by atoms with Gasteiger partial charge in [0.1, 0.15) is 9.88 Å². The van der Waals surface area contributed by atoms with Crippen molar-refractivity contribution in [2.45, 2.75) is 6.92 Å². The second-order valence-electron chi connectivity index (χ2n) is 3.12. The first-order valence-electron chi connectivity index (χ1n) is 4.99. The molecule has 0 aliphatic heterocycles. The van der Waals surface area contributed by atoms with Crippen molar-refractivity contribution in [1.82, 2.24) is 4.98 Å². The molecule has 3 nitrogen and oxygen atoms in total. The van der Waals surface area contributed by atoms with Crippen molar-refractivity contribution in [2.24, 2.45) is 0 Å². The van der Waals surface area contributed by atoms with Crippen LogP contribution in [0.15, 0.2) is 36.5 Å². The zero-order valence-corrected chi connectivity index (χ0v) is 9.66. The minimum atomic E-state index is -0.304. The molecule has 0 atom stereocenters. The lowest BCUT2D eigenvalue weighted by atomic mass is 10.2. The molecule has 2 rings (SSSR count). The lowest BCUT2D eigenvalue weighted by Gasteiger charge is -1.96. The summed E-state index contributed by atoms with van der Waals surface area (Å²) in [7, 11) is 0. The van der Waals surface area contributed by atoms with Crippen molar-refractivity contribution in [2.75, 3.05) is 6.61 Å². The van der Waals surface area contributed by atoms with Crippen LogP contribution in [0, 0.1) is 0 Å². The topological polar surface area (TPSA) is 39.2 Å². The highest BCUT2D eigenvalue weighted by atomic mass is 32.1. The maximum Gasteiger partial charge on any atom is 0.349 e. The van der Waals surface area contributed by atoms with E-state index in [-0.39, 0.29) is 5.97 Å². The van der Waals surface area contributed by atoms with Crippen LogP contribution in [0.3, 0.4) is 0 Å². The van der Waals surface area contributed by atoms with Crippen LogP contribution in [0.4, 0.5) is 0 Å². The molecule has 0 aliphatic rings. The minimum absolute atomic E-state index is 0.304. The van der Waals surface area contributed by atoms with Gasteiger partial charge in [-0.25, -0.2) is 9.78 Å². The molecule has 4 heteroatoms. The van der Waals surface area contributed by atoms with E-state index in [9.17, 15) is 4.79 Å². The highest BCUT2D eigenvalue weighted by Crippen LogP contribution is 2.25. The summed E-state index contributed by atoms with van der Waals surface area (Å²) in [5.41, 5.74) is 1.02. The van der Waals surface area contributed by atoms with E-state index in [1.165, 1.54) is 11.3 Å². The third-order valence-corrected chi connectivity index (χ3v) is 3.03. The van der Waals surface area contributed by atoms with Crippen LogP contribution in [-0.2, 0) is 4.74 Å². The second-order valence-corrected chi connectivity index (χ2v) is 4.15. The smallest absolute Gasteiger partial charge is 0.349 e. The van der Waals surface area contributed by atoms with Crippen molar-refractivity contribution in [1.29, 1.82) is 0 Å². The number of nitrogens with zero attached hydrogens (tertiary/aromatic N) is 1. The first-order valence-corrected chi connectivity index (χ1v) is 5.81. The van der Waals surface area contributed by atoms with Gasteiger partial charge >= 0.3 is 5.97 Å². The van der Waals surface area contributed by atoms with E-state index in [0.29, 0.717) is 11.5 Å². The normalized spacial score (nSPS) is 10.1. The molecule has 1 heterocycles. The monoisotopic (exact) mass is 233 g/mol. The van der Waals surface area contributed by atoms with Crippen LogP contribution in [-0.4, -0.2) is 17.6 Å². The number of benzene rings is 1. The van der Waals surface area contributed by atoms with Crippen LogP contribution < -0.4 is 0 Å². The summed E-state index contributed by atoms with van der Waals surface area (Å²) in [4.78, 5) is 16.2. The van der Waals surface area contributed by atoms with Gasteiger partial charge in [0.2, 0.25) is 0 Å². The Morgan fingerprint density at radius 3 is 2.81 bits per heavy atom. The van der Waals surface area contributed by atoms with E-state index < -0.39 is 0 Å². The van der Waals surface area contributed by atoms with Gasteiger partial charge in [-0.15, -0.1) is 11.3 Å². The molecule has 0 unspecified atom stereocenters. The molecule has 1 aromatic heterocycles. The van der Waals surface area contributed by atoms with Crippen LogP contribution in [0.5, 0.6) is 0 Å². The molecule has 16 heavy (non-hydrogen) atoms. The molecule has 0 aliphatic carbocycles. The van der Waals surface area contributed by atoms with Gasteiger partial charge < -0.3 is 4.74 Å². The number of thiazole rings is 1. The Bertz CT molecular complexity index is 479. The van der Waals surface area contributed by atoms with Crippen molar-refractivity contribution < 1.29 is 9.53 Å². The first-order chi connectivity index (χ1) is 7.81. The van der Waals surface area contributed by atoms with Crippen molar-refractivity contribution >= 4 is 17.3 Å². The van der Waals surface area contributed by atoms with Crippen LogP contribution in [0.1, 0.15) is 16.6 Å². The van der Waals surface area contributed by atoms with E-state index in [2.05, 4.69) is 4.98 Å². The molecular weight excluding hydrogens is 222 g/mol. The number of esters is 1. The summed E-state index contributed by atoms with van der Waals surface area (Å²) in [6.07, 6.45) is 1.56. The Kier molecular flexibility index (Phi) is 3.31. The van der Waals surface area contributed by atoms with Gasteiger partial charge in [0.25, 0.3) is 0 Å². The molecule has 0 saturated carbocycles. The average Bonchev–Trinajstić information content (AvgIpc) is 2.80. The quantitative estimate of drug-likeness (QED) is 0.765. The number of hydrogen-bond acceptors (Lipinski definition) is 4. The van der Waals surface area contributed by atoms with Gasteiger partial charge in [0.05, 0.1) is 12.8 Å². The average molecular weight is 233 g/mol. The van der Waals surface area contributed by atoms with E-state index in [1.807, 2.05) is 30.3 Å². The molecule has 1 aromatic carbocycles. The first kappa shape index (κ1) is 10.8. The van der Waals surface area contributed by atoms with Gasteiger partial charge in [0.15, 0.2) is 0 Å². The summed E-state index contributed by atoms with van der Waals surface area (Å²) in [5.74, 6) is -0.304. The van der Waals surface area contributed by atoms with Crippen LogP contribution in [0.2, 0.25) is 0 Å². The number of aromatic nitrogens is 1. The second kappa shape index (κ2) is 4.90. The summed E-state index contributed by atoms with van der Waals surface area (Å²) in [5, 5.41) is 0.837. The lowest BCUT2D eigenvalue weighted by molar-refractivity contribution is 0.0532. The largest absolute Gasteiger partial charge is 0.462 e. The van der Waals surface area contributed by atoms with Gasteiger partial charge in [-0.2, -0.15) is 0 Å². The summed E-state index contributed by atoms with van der Waals surface area (Å²) in [6, 6.07) is 9.77. The lowest BCUT2D eigenvalue weighted by Crippen LogP contribution is -2.01. The summed E-state index contributed by atoms with van der Waals surface area (Å²) < 4.78 is 4.91. The number of ether oxygens (including phenoxy) is 1. The number of hydrogen-bond donors (Lipinski definition) is 0. The Morgan fingerprint density at radius 1 is 1.38 bits per heavy atom. The highest BCUT2D eigenvalue weighted by molar-refractivity contribution is 7.16. The zero-order valence-electron chi connectivity index (χ0n) is 8.84. The zero-order chi connectivity index (χ0) is 11.4.